The molecule has 0 bridgehead atoms. The van der Waals surface area contributed by atoms with E-state index in [9.17, 15) is 0 Å². The minimum absolute atomic E-state index is 0.184. The molecule has 1 unspecified atom stereocenters. The Labute approximate surface area is 110 Å². The lowest BCUT2D eigenvalue weighted by molar-refractivity contribution is 0.128. The van der Waals surface area contributed by atoms with Crippen LogP contribution in [0.5, 0.6) is 0 Å². The summed E-state index contributed by atoms with van der Waals surface area (Å²) in [5.74, 6) is 1.60. The quantitative estimate of drug-likeness (QED) is 0.744. The van der Waals surface area contributed by atoms with Crippen molar-refractivity contribution in [2.45, 2.75) is 33.4 Å². The number of hydrogen-bond acceptors (Lipinski definition) is 4. The summed E-state index contributed by atoms with van der Waals surface area (Å²) in [5, 5.41) is 6.76. The monoisotopic (exact) mass is 251 g/mol. The summed E-state index contributed by atoms with van der Waals surface area (Å²) < 4.78 is 5.22. The average molecular weight is 251 g/mol. The third kappa shape index (κ3) is 5.47. The summed E-state index contributed by atoms with van der Waals surface area (Å²) in [5.41, 5.74) is 1.20. The van der Waals surface area contributed by atoms with E-state index in [1.807, 2.05) is 19.2 Å². The Morgan fingerprint density at radius 2 is 2.06 bits per heavy atom. The number of methoxy groups -OCH3 is 1. The fraction of sp³-hybridized carbons (Fsp3) is 0.643. The number of rotatable bonds is 8. The van der Waals surface area contributed by atoms with E-state index in [-0.39, 0.29) is 6.10 Å². The second-order valence-corrected chi connectivity index (χ2v) is 4.96. The van der Waals surface area contributed by atoms with E-state index in [0.29, 0.717) is 5.92 Å². The molecule has 0 aliphatic carbocycles. The number of aromatic nitrogens is 1. The molecule has 1 atom stereocenters. The van der Waals surface area contributed by atoms with Crippen molar-refractivity contribution in [3.05, 3.63) is 23.9 Å². The molecule has 1 aromatic heterocycles. The second kappa shape index (κ2) is 8.06. The van der Waals surface area contributed by atoms with E-state index >= 15 is 0 Å². The van der Waals surface area contributed by atoms with Gasteiger partial charge < -0.3 is 15.4 Å². The van der Waals surface area contributed by atoms with E-state index in [4.69, 9.17) is 4.74 Å². The summed E-state index contributed by atoms with van der Waals surface area (Å²) in [7, 11) is 1.72. The molecule has 0 aromatic carbocycles. The van der Waals surface area contributed by atoms with Gasteiger partial charge in [-0.1, -0.05) is 19.9 Å². The number of hydrogen-bond donors (Lipinski definition) is 2. The van der Waals surface area contributed by atoms with E-state index in [1.54, 1.807) is 7.11 Å². The van der Waals surface area contributed by atoms with Crippen molar-refractivity contribution in [1.29, 1.82) is 0 Å². The van der Waals surface area contributed by atoms with Crippen molar-refractivity contribution in [3.8, 4) is 0 Å². The van der Waals surface area contributed by atoms with E-state index in [2.05, 4.69) is 35.5 Å². The molecule has 4 nitrogen and oxygen atoms in total. The molecule has 0 aliphatic rings. The Bertz CT molecular complexity index is 342. The summed E-state index contributed by atoms with van der Waals surface area (Å²) in [6.07, 6.45) is 2.00. The van der Waals surface area contributed by atoms with Gasteiger partial charge in [-0.15, -0.1) is 0 Å². The Kier molecular flexibility index (Phi) is 6.68. The maximum Gasteiger partial charge on any atom is 0.130 e. The predicted octanol–water partition coefficient (Wildman–Crippen LogP) is 2.27. The third-order valence-electron chi connectivity index (χ3n) is 2.72. The Hall–Kier alpha value is -1.13. The molecule has 1 rings (SSSR count). The second-order valence-electron chi connectivity index (χ2n) is 4.96. The van der Waals surface area contributed by atoms with Gasteiger partial charge in [0, 0.05) is 32.0 Å². The SMILES string of the molecule is COC(C)CNc1ncccc1CNCC(C)C. The highest BCUT2D eigenvalue weighted by molar-refractivity contribution is 5.43. The molecule has 0 amide bonds. The van der Waals surface area contributed by atoms with E-state index in [1.165, 1.54) is 5.56 Å². The van der Waals surface area contributed by atoms with Gasteiger partial charge in [-0.05, 0) is 25.5 Å². The van der Waals surface area contributed by atoms with Gasteiger partial charge in [0.25, 0.3) is 0 Å². The fourth-order valence-corrected chi connectivity index (χ4v) is 1.56. The number of ether oxygens (including phenoxy) is 1. The smallest absolute Gasteiger partial charge is 0.130 e. The lowest BCUT2D eigenvalue weighted by Crippen LogP contribution is -2.22. The van der Waals surface area contributed by atoms with Crippen molar-refractivity contribution in [2.24, 2.45) is 5.92 Å². The Morgan fingerprint density at radius 3 is 2.72 bits per heavy atom. The van der Waals surface area contributed by atoms with E-state index in [0.717, 1.165) is 25.5 Å². The van der Waals surface area contributed by atoms with Crippen LogP contribution in [0.2, 0.25) is 0 Å². The summed E-state index contributed by atoms with van der Waals surface area (Å²) in [4.78, 5) is 4.38. The molecule has 4 heteroatoms. The highest BCUT2D eigenvalue weighted by Crippen LogP contribution is 2.11. The maximum atomic E-state index is 5.22. The van der Waals surface area contributed by atoms with Crippen LogP contribution in [0.25, 0.3) is 0 Å². The molecule has 0 fully saturated rings. The van der Waals surface area contributed by atoms with Crippen molar-refractivity contribution in [3.63, 3.8) is 0 Å². The highest BCUT2D eigenvalue weighted by atomic mass is 16.5. The molecule has 1 heterocycles. The summed E-state index contributed by atoms with van der Waals surface area (Å²) in [6, 6.07) is 4.07. The summed E-state index contributed by atoms with van der Waals surface area (Å²) >= 11 is 0. The number of nitrogens with one attached hydrogen (secondary N) is 2. The maximum absolute atomic E-state index is 5.22. The zero-order valence-electron chi connectivity index (χ0n) is 11.9. The number of nitrogens with zero attached hydrogens (tertiary/aromatic N) is 1. The zero-order valence-corrected chi connectivity index (χ0v) is 11.9. The van der Waals surface area contributed by atoms with Gasteiger partial charge in [0.1, 0.15) is 5.82 Å². The Morgan fingerprint density at radius 1 is 1.28 bits per heavy atom. The lowest BCUT2D eigenvalue weighted by atomic mass is 10.2. The van der Waals surface area contributed by atoms with Crippen LogP contribution in [0.15, 0.2) is 18.3 Å². The van der Waals surface area contributed by atoms with Gasteiger partial charge in [-0.3, -0.25) is 0 Å². The first-order valence-electron chi connectivity index (χ1n) is 6.54. The van der Waals surface area contributed by atoms with Crippen molar-refractivity contribution >= 4 is 5.82 Å². The van der Waals surface area contributed by atoms with Crippen LogP contribution in [0.1, 0.15) is 26.3 Å². The normalized spacial score (nSPS) is 12.7. The van der Waals surface area contributed by atoms with Gasteiger partial charge in [0.2, 0.25) is 0 Å². The van der Waals surface area contributed by atoms with Crippen molar-refractivity contribution in [2.75, 3.05) is 25.5 Å². The zero-order chi connectivity index (χ0) is 13.4. The average Bonchev–Trinajstić information content (AvgIpc) is 2.36. The van der Waals surface area contributed by atoms with Crippen molar-refractivity contribution in [1.82, 2.24) is 10.3 Å². The first-order chi connectivity index (χ1) is 8.63. The van der Waals surface area contributed by atoms with Crippen LogP contribution in [0.4, 0.5) is 5.82 Å². The summed E-state index contributed by atoms with van der Waals surface area (Å²) in [6.45, 7) is 9.07. The third-order valence-corrected chi connectivity index (χ3v) is 2.72. The van der Waals surface area contributed by atoms with Crippen LogP contribution in [-0.2, 0) is 11.3 Å². The van der Waals surface area contributed by atoms with Gasteiger partial charge in [-0.2, -0.15) is 0 Å². The molecular weight excluding hydrogens is 226 g/mol. The molecule has 0 spiro atoms. The number of anilines is 1. The molecule has 2 N–H and O–H groups in total. The minimum Gasteiger partial charge on any atom is -0.380 e. The first kappa shape index (κ1) is 14.9. The largest absolute Gasteiger partial charge is 0.380 e. The van der Waals surface area contributed by atoms with Crippen LogP contribution in [0.3, 0.4) is 0 Å². The molecule has 0 aliphatic heterocycles. The van der Waals surface area contributed by atoms with Crippen LogP contribution in [0, 0.1) is 5.92 Å². The molecule has 0 saturated heterocycles. The highest BCUT2D eigenvalue weighted by Gasteiger charge is 2.05. The van der Waals surface area contributed by atoms with Gasteiger partial charge >= 0.3 is 0 Å². The molecule has 0 radical (unpaired) electrons. The van der Waals surface area contributed by atoms with E-state index < -0.39 is 0 Å². The van der Waals surface area contributed by atoms with Gasteiger partial charge in [0.05, 0.1) is 6.10 Å². The molecule has 0 saturated carbocycles. The topological polar surface area (TPSA) is 46.2 Å². The first-order valence-corrected chi connectivity index (χ1v) is 6.54. The van der Waals surface area contributed by atoms with Crippen LogP contribution < -0.4 is 10.6 Å². The lowest BCUT2D eigenvalue weighted by Gasteiger charge is -2.15. The van der Waals surface area contributed by atoms with Crippen LogP contribution >= 0.6 is 0 Å². The Balaban J connectivity index is 2.50. The molecule has 1 aromatic rings. The molecule has 18 heavy (non-hydrogen) atoms. The minimum atomic E-state index is 0.184. The van der Waals surface area contributed by atoms with Gasteiger partial charge in [-0.25, -0.2) is 4.98 Å². The van der Waals surface area contributed by atoms with Gasteiger partial charge in [0.15, 0.2) is 0 Å². The predicted molar refractivity (Wildman–Crippen MR) is 75.7 cm³/mol. The fourth-order valence-electron chi connectivity index (χ4n) is 1.56. The standard InChI is InChI=1S/C14H25N3O/c1-11(2)8-15-10-13-6-5-7-16-14(13)17-9-12(3)18-4/h5-7,11-12,15H,8-10H2,1-4H3,(H,16,17). The van der Waals surface area contributed by atoms with Crippen molar-refractivity contribution < 1.29 is 4.74 Å². The number of pyridine rings is 1. The molecule has 102 valence electrons. The van der Waals surface area contributed by atoms with Crippen LogP contribution in [-0.4, -0.2) is 31.3 Å². The molecular formula is C14H25N3O.